The smallest absolute Gasteiger partial charge is 0.331 e. The van der Waals surface area contributed by atoms with Gasteiger partial charge in [0, 0.05) is 27.3 Å². The van der Waals surface area contributed by atoms with E-state index in [0.717, 1.165) is 11.0 Å². The molecule has 28 heavy (non-hydrogen) atoms. The number of carbonyl (C=O) groups excluding carboxylic acids is 2. The largest absolute Gasteiger partial charge is 0.478 e. The lowest BCUT2D eigenvalue weighted by atomic mass is 10.2. The maximum Gasteiger partial charge on any atom is 0.331 e. The highest BCUT2D eigenvalue weighted by Crippen LogP contribution is 2.26. The van der Waals surface area contributed by atoms with Crippen molar-refractivity contribution < 1.29 is 19.5 Å². The van der Waals surface area contributed by atoms with Gasteiger partial charge in [-0.05, 0) is 49.4 Å². The van der Waals surface area contributed by atoms with Crippen LogP contribution in [0.1, 0.15) is 6.92 Å². The number of thioether (sulfide) groups is 1. The molecule has 0 aliphatic heterocycles. The van der Waals surface area contributed by atoms with Gasteiger partial charge in [-0.25, -0.2) is 4.79 Å². The fraction of sp³-hybridized carbons (Fsp3) is 0.105. The Kier molecular flexibility index (Phi) is 7.92. The summed E-state index contributed by atoms with van der Waals surface area (Å²) in [4.78, 5) is 35.3. The van der Waals surface area contributed by atoms with Crippen molar-refractivity contribution in [2.45, 2.75) is 11.8 Å². The van der Waals surface area contributed by atoms with Crippen molar-refractivity contribution in [3.8, 4) is 0 Å². The molecule has 2 aromatic carbocycles. The van der Waals surface area contributed by atoms with E-state index in [1.807, 2.05) is 0 Å². The minimum Gasteiger partial charge on any atom is -0.478 e. The van der Waals surface area contributed by atoms with E-state index >= 15 is 0 Å². The van der Waals surface area contributed by atoms with Crippen LogP contribution in [-0.2, 0) is 14.4 Å². The second kappa shape index (κ2) is 10.2. The predicted molar refractivity (Wildman–Crippen MR) is 112 cm³/mol. The van der Waals surface area contributed by atoms with Gasteiger partial charge in [0.15, 0.2) is 0 Å². The molecule has 0 aliphatic rings. The molecule has 2 aromatic rings. The number of hydrogen-bond donors (Lipinski definition) is 3. The highest BCUT2D eigenvalue weighted by atomic mass is 35.5. The lowest BCUT2D eigenvalue weighted by Crippen LogP contribution is -2.14. The second-order valence-electron chi connectivity index (χ2n) is 5.61. The van der Waals surface area contributed by atoms with Gasteiger partial charge >= 0.3 is 5.97 Å². The van der Waals surface area contributed by atoms with Crippen LogP contribution in [0.4, 0.5) is 11.4 Å². The summed E-state index contributed by atoms with van der Waals surface area (Å²) in [5, 5.41) is 14.9. The van der Waals surface area contributed by atoms with Crippen LogP contribution in [0.5, 0.6) is 0 Å². The van der Waals surface area contributed by atoms with Crippen molar-refractivity contribution in [3.05, 3.63) is 64.2 Å². The summed E-state index contributed by atoms with van der Waals surface area (Å²) in [7, 11) is 0. The number of amides is 2. The molecule has 146 valence electrons. The number of rotatable bonds is 7. The summed E-state index contributed by atoms with van der Waals surface area (Å²) in [6, 6.07) is 11.6. The minimum absolute atomic E-state index is 0.0588. The second-order valence-corrected chi connectivity index (χ2v) is 7.50. The van der Waals surface area contributed by atoms with Crippen molar-refractivity contribution in [2.24, 2.45) is 0 Å². The standard InChI is InChI=1S/C19H16Cl2N2O4S/c1-11(19(26)27)8-17(24)22-13-3-5-14(6-4-13)28-10-18(25)23-16-7-2-12(20)9-15(16)21/h2-9H,10H2,1H3,(H,22,24)(H,23,25)(H,26,27)/b11-8-. The maximum atomic E-state index is 12.1. The molecular formula is C19H16Cl2N2O4S. The maximum absolute atomic E-state index is 12.1. The van der Waals surface area contributed by atoms with E-state index in [9.17, 15) is 14.4 Å². The molecule has 0 unspecified atom stereocenters. The third-order valence-corrected chi connectivity index (χ3v) is 4.94. The molecule has 0 aromatic heterocycles. The molecule has 2 amide bonds. The van der Waals surface area contributed by atoms with Gasteiger partial charge in [-0.15, -0.1) is 11.8 Å². The molecule has 0 atom stereocenters. The molecule has 9 heteroatoms. The van der Waals surface area contributed by atoms with Crippen LogP contribution in [0.2, 0.25) is 10.0 Å². The van der Waals surface area contributed by atoms with Gasteiger partial charge in [0.1, 0.15) is 0 Å². The topological polar surface area (TPSA) is 95.5 Å². The van der Waals surface area contributed by atoms with Crippen molar-refractivity contribution >= 4 is 64.1 Å². The summed E-state index contributed by atoms with van der Waals surface area (Å²) in [6.45, 7) is 1.34. The van der Waals surface area contributed by atoms with E-state index in [1.165, 1.54) is 18.7 Å². The number of benzene rings is 2. The van der Waals surface area contributed by atoms with Crippen LogP contribution in [0.25, 0.3) is 0 Å². The molecule has 0 saturated heterocycles. The Balaban J connectivity index is 1.87. The molecular weight excluding hydrogens is 423 g/mol. The first-order chi connectivity index (χ1) is 13.2. The molecule has 0 saturated carbocycles. The molecule has 0 heterocycles. The number of nitrogens with one attached hydrogen (secondary N) is 2. The van der Waals surface area contributed by atoms with Crippen molar-refractivity contribution in [3.63, 3.8) is 0 Å². The number of carboxylic acids is 1. The van der Waals surface area contributed by atoms with Crippen molar-refractivity contribution in [1.29, 1.82) is 0 Å². The van der Waals surface area contributed by atoms with E-state index in [4.69, 9.17) is 28.3 Å². The zero-order valence-corrected chi connectivity index (χ0v) is 17.0. The molecule has 0 fully saturated rings. The predicted octanol–water partition coefficient (Wildman–Crippen LogP) is 4.69. The molecule has 0 spiro atoms. The average molecular weight is 439 g/mol. The average Bonchev–Trinajstić information content (AvgIpc) is 2.63. The third kappa shape index (κ3) is 6.92. The number of carboxylic acid groups (broad SMARTS) is 1. The first-order valence-corrected chi connectivity index (χ1v) is 9.69. The Morgan fingerprint density at radius 2 is 1.75 bits per heavy atom. The first-order valence-electron chi connectivity index (χ1n) is 7.95. The fourth-order valence-electron chi connectivity index (χ4n) is 2.00. The van der Waals surface area contributed by atoms with Crippen LogP contribution in [0, 0.1) is 0 Å². The molecule has 3 N–H and O–H groups in total. The zero-order valence-electron chi connectivity index (χ0n) is 14.7. The van der Waals surface area contributed by atoms with Crippen molar-refractivity contribution in [1.82, 2.24) is 0 Å². The van der Waals surface area contributed by atoms with E-state index in [-0.39, 0.29) is 17.2 Å². The molecule has 2 rings (SSSR count). The Bertz CT molecular complexity index is 930. The van der Waals surface area contributed by atoms with Gasteiger partial charge in [-0.2, -0.15) is 0 Å². The van der Waals surface area contributed by atoms with Gasteiger partial charge in [0.25, 0.3) is 0 Å². The first kappa shape index (κ1) is 21.8. The van der Waals surface area contributed by atoms with E-state index in [2.05, 4.69) is 10.6 Å². The SMILES string of the molecule is C/C(=C/C(=O)Nc1ccc(SCC(=O)Nc2ccc(Cl)cc2Cl)cc1)C(=O)O. The summed E-state index contributed by atoms with van der Waals surface area (Å²) >= 11 is 13.2. The minimum atomic E-state index is -1.15. The quantitative estimate of drug-likeness (QED) is 0.430. The van der Waals surface area contributed by atoms with Gasteiger partial charge in [0.2, 0.25) is 11.8 Å². The van der Waals surface area contributed by atoms with Crippen LogP contribution < -0.4 is 10.6 Å². The lowest BCUT2D eigenvalue weighted by Gasteiger charge is -2.08. The van der Waals surface area contributed by atoms with E-state index in [0.29, 0.717) is 21.4 Å². The summed E-state index contributed by atoms with van der Waals surface area (Å²) in [6.07, 6.45) is 1.01. The summed E-state index contributed by atoms with van der Waals surface area (Å²) < 4.78 is 0. The van der Waals surface area contributed by atoms with Gasteiger partial charge in [0.05, 0.1) is 16.5 Å². The van der Waals surface area contributed by atoms with Crippen LogP contribution >= 0.6 is 35.0 Å². The van der Waals surface area contributed by atoms with E-state index in [1.54, 1.807) is 42.5 Å². The molecule has 6 nitrogen and oxygen atoms in total. The Hall–Kier alpha value is -2.48. The van der Waals surface area contributed by atoms with Gasteiger partial charge < -0.3 is 15.7 Å². The third-order valence-electron chi connectivity index (χ3n) is 3.38. The summed E-state index contributed by atoms with van der Waals surface area (Å²) in [5.74, 6) is -1.73. The monoisotopic (exact) mass is 438 g/mol. The number of halogens is 2. The highest BCUT2D eigenvalue weighted by molar-refractivity contribution is 8.00. The van der Waals surface area contributed by atoms with Crippen LogP contribution in [0.3, 0.4) is 0 Å². The highest BCUT2D eigenvalue weighted by Gasteiger charge is 2.08. The molecule has 0 radical (unpaired) electrons. The van der Waals surface area contributed by atoms with Crippen molar-refractivity contribution in [2.75, 3.05) is 16.4 Å². The number of hydrogen-bond acceptors (Lipinski definition) is 4. The molecule has 0 aliphatic carbocycles. The van der Waals surface area contributed by atoms with Gasteiger partial charge in [-0.1, -0.05) is 23.2 Å². The summed E-state index contributed by atoms with van der Waals surface area (Å²) in [5.41, 5.74) is 0.942. The van der Waals surface area contributed by atoms with Crippen LogP contribution in [0.15, 0.2) is 59.0 Å². The number of carbonyl (C=O) groups is 3. The Labute approximate surface area is 175 Å². The normalized spacial score (nSPS) is 11.0. The number of aliphatic carboxylic acids is 1. The lowest BCUT2D eigenvalue weighted by molar-refractivity contribution is -0.132. The molecule has 0 bridgehead atoms. The van der Waals surface area contributed by atoms with Gasteiger partial charge in [-0.3, -0.25) is 9.59 Å². The Morgan fingerprint density at radius 3 is 2.36 bits per heavy atom. The van der Waals surface area contributed by atoms with E-state index < -0.39 is 11.9 Å². The number of anilines is 2. The fourth-order valence-corrected chi connectivity index (χ4v) is 3.15. The zero-order chi connectivity index (χ0) is 20.7. The Morgan fingerprint density at radius 1 is 1.07 bits per heavy atom. The van der Waals surface area contributed by atoms with Crippen LogP contribution in [-0.4, -0.2) is 28.6 Å².